The predicted octanol–water partition coefficient (Wildman–Crippen LogP) is 29.0. The zero-order valence-corrected chi connectivity index (χ0v) is 64.6. The summed E-state index contributed by atoms with van der Waals surface area (Å²) >= 11 is 0.300. The Morgan fingerprint density at radius 1 is 0.134 bits per heavy atom. The molecular weight excluding hydrogens is 1480 g/mol. The fourth-order valence-electron chi connectivity index (χ4n) is 17.0. The molecule has 0 N–H and O–H groups in total. The summed E-state index contributed by atoms with van der Waals surface area (Å²) < 4.78 is 10.6. The van der Waals surface area contributed by atoms with Crippen molar-refractivity contribution in [3.05, 3.63) is 425 Å². The van der Waals surface area contributed by atoms with Crippen molar-refractivity contribution in [3.63, 3.8) is 0 Å². The maximum absolute atomic E-state index is 2.43. The molecule has 0 aliphatic heterocycles. The quantitative estimate of drug-likeness (QED) is 0.108. The summed E-state index contributed by atoms with van der Waals surface area (Å²) in [6.07, 6.45) is 0. The van der Waals surface area contributed by atoms with Crippen LogP contribution in [-0.2, 0) is 0 Å². The third-order valence-electron chi connectivity index (χ3n) is 22.4. The zero-order valence-electron chi connectivity index (χ0n) is 61.1. The van der Waals surface area contributed by atoms with Crippen LogP contribution in [0.5, 0.6) is 0 Å². The van der Waals surface area contributed by atoms with Crippen molar-refractivity contribution in [1.82, 2.24) is 9.13 Å². The minimum absolute atomic E-state index is 0.148. The number of benzene rings is 18. The Morgan fingerprint density at radius 3 is 0.759 bits per heavy atom. The van der Waals surface area contributed by atoms with E-state index in [1.165, 1.54) is 205 Å². The standard InChI is InChI=1S/2C54H35NSe/c1-4-15-36(16-5-1)38-19-12-20-39(31-38)41-32-42(40-29-30-52-50(35-40)47-23-10-11-28-51(47)55(52)44-21-8-3-9-22-44)34-43(33-41)46-25-14-27-49-48-26-13-24-45(53(48)56-54(46)49)37-17-6-2-7-18-37;1-4-14-36(15-5-1)37-26-28-38(29-27-37)41-32-42(40-30-31-52-50(35-40)47-20-10-11-25-51(47)55(52)44-18-8-3-9-19-44)34-43(33-41)46-22-13-24-49-48-23-12-21-45(53(48)56-54(46)49)39-16-6-2-7-17-39/h2*1-35H. The Morgan fingerprint density at radius 2 is 0.366 bits per heavy atom. The van der Waals surface area contributed by atoms with E-state index in [1.54, 1.807) is 0 Å². The van der Waals surface area contributed by atoms with Crippen molar-refractivity contribution < 1.29 is 0 Å². The number of para-hydroxylation sites is 4. The molecule has 2 nitrogen and oxygen atoms in total. The van der Waals surface area contributed by atoms with E-state index in [2.05, 4.69) is 434 Å². The molecule has 0 bridgehead atoms. The van der Waals surface area contributed by atoms with Crippen LogP contribution in [0.1, 0.15) is 0 Å². The molecule has 0 amide bonds. The minimum atomic E-state index is 0.148. The molecule has 22 rings (SSSR count). The number of hydrogen-bond donors (Lipinski definition) is 0. The van der Waals surface area contributed by atoms with Crippen molar-refractivity contribution in [1.29, 1.82) is 0 Å². The summed E-state index contributed by atoms with van der Waals surface area (Å²) in [4.78, 5) is 0. The topological polar surface area (TPSA) is 9.86 Å². The van der Waals surface area contributed by atoms with E-state index in [4.69, 9.17) is 0 Å². The van der Waals surface area contributed by atoms with E-state index in [0.717, 1.165) is 0 Å². The Bertz CT molecular complexity index is 7320. The Balaban J connectivity index is 0.000000141. The third kappa shape index (κ3) is 12.1. The van der Waals surface area contributed by atoms with Gasteiger partial charge in [-0.3, -0.25) is 0 Å². The van der Waals surface area contributed by atoms with Gasteiger partial charge in [-0.25, -0.2) is 0 Å². The normalized spacial score (nSPS) is 11.6. The van der Waals surface area contributed by atoms with Crippen molar-refractivity contribution in [2.45, 2.75) is 0 Å². The third-order valence-corrected chi connectivity index (χ3v) is 27.8. The molecule has 0 unspecified atom stereocenters. The van der Waals surface area contributed by atoms with Crippen LogP contribution in [-0.4, -0.2) is 38.1 Å². The van der Waals surface area contributed by atoms with Gasteiger partial charge in [0.2, 0.25) is 0 Å². The molecule has 4 heterocycles. The molecule has 524 valence electrons. The van der Waals surface area contributed by atoms with Crippen LogP contribution >= 0.6 is 0 Å². The van der Waals surface area contributed by atoms with Gasteiger partial charge < -0.3 is 0 Å². The molecule has 0 saturated heterocycles. The molecule has 112 heavy (non-hydrogen) atoms. The fraction of sp³-hybridized carbons (Fsp3) is 0. The van der Waals surface area contributed by atoms with Crippen molar-refractivity contribution >= 4 is 111 Å². The molecule has 0 fully saturated rings. The number of hydrogen-bond acceptors (Lipinski definition) is 0. The van der Waals surface area contributed by atoms with E-state index < -0.39 is 0 Å². The van der Waals surface area contributed by atoms with Gasteiger partial charge in [0.15, 0.2) is 0 Å². The number of rotatable bonds is 12. The molecule has 0 aliphatic carbocycles. The molecule has 0 spiro atoms. The Labute approximate surface area is 662 Å². The second-order valence-corrected chi connectivity index (χ2v) is 33.3. The van der Waals surface area contributed by atoms with Crippen molar-refractivity contribution in [2.75, 3.05) is 0 Å². The van der Waals surface area contributed by atoms with Gasteiger partial charge in [-0.05, 0) is 0 Å². The van der Waals surface area contributed by atoms with Gasteiger partial charge >= 0.3 is 625 Å². The van der Waals surface area contributed by atoms with E-state index in [-0.39, 0.29) is 29.0 Å². The monoisotopic (exact) mass is 1550 g/mol. The number of fused-ring (bicyclic) bond motifs is 12. The first-order valence-electron chi connectivity index (χ1n) is 38.3. The van der Waals surface area contributed by atoms with Crippen molar-refractivity contribution in [3.8, 4) is 123 Å². The van der Waals surface area contributed by atoms with Crippen LogP contribution in [0.3, 0.4) is 0 Å². The van der Waals surface area contributed by atoms with E-state index in [9.17, 15) is 0 Å². The zero-order chi connectivity index (χ0) is 74.0. The summed E-state index contributed by atoms with van der Waals surface area (Å²) in [5, 5.41) is 10.5. The van der Waals surface area contributed by atoms with E-state index in [1.807, 2.05) is 0 Å². The molecule has 4 heteroatoms. The first-order valence-corrected chi connectivity index (χ1v) is 41.8. The summed E-state index contributed by atoms with van der Waals surface area (Å²) in [6.45, 7) is 0. The predicted molar refractivity (Wildman–Crippen MR) is 480 cm³/mol. The molecule has 0 radical (unpaired) electrons. The SMILES string of the molecule is c1ccc(-c2ccc(-c3cc(-c4ccc5c(c4)c4ccccc4n5-c4ccccc4)cc(-c4cccc5c4[se]c4c(-c6ccccc6)cccc45)c3)cc2)cc1.c1ccc(-c2cccc(-c3cc(-c4ccc5c(c4)c4ccccc4n5-c4ccccc4)cc(-c4cccc5c4[se]c4c(-c6ccccc6)cccc45)c3)c2)cc1. The van der Waals surface area contributed by atoms with Crippen LogP contribution in [0, 0.1) is 0 Å². The number of aromatic nitrogens is 2. The van der Waals surface area contributed by atoms with Gasteiger partial charge in [0, 0.05) is 0 Å². The first kappa shape index (κ1) is 66.8. The average molecular weight is 1550 g/mol. The molecule has 0 aliphatic rings. The van der Waals surface area contributed by atoms with Gasteiger partial charge in [-0.1, -0.05) is 42.5 Å². The summed E-state index contributed by atoms with van der Waals surface area (Å²) in [5.74, 6) is 0. The fourth-order valence-corrected chi connectivity index (χ4v) is 22.8. The molecule has 0 atom stereocenters. The van der Waals surface area contributed by atoms with Gasteiger partial charge in [0.1, 0.15) is 0 Å². The average Bonchev–Trinajstić information content (AvgIpc) is 1.59. The molecule has 22 aromatic rings. The Hall–Kier alpha value is -13.4. The van der Waals surface area contributed by atoms with Crippen LogP contribution < -0.4 is 0 Å². The maximum atomic E-state index is 2.43. The van der Waals surface area contributed by atoms with Crippen LogP contribution in [0.4, 0.5) is 0 Å². The van der Waals surface area contributed by atoms with E-state index in [0.29, 0.717) is 0 Å². The van der Waals surface area contributed by atoms with Gasteiger partial charge in [0.05, 0.1) is 0 Å². The molecule has 0 saturated carbocycles. The van der Waals surface area contributed by atoms with Crippen LogP contribution in [0.15, 0.2) is 425 Å². The summed E-state index contributed by atoms with van der Waals surface area (Å²) in [7, 11) is 0. The van der Waals surface area contributed by atoms with Gasteiger partial charge in [0.25, 0.3) is 0 Å². The summed E-state index contributed by atoms with van der Waals surface area (Å²) in [6, 6.07) is 156. The Kier molecular flexibility index (Phi) is 17.0. The van der Waals surface area contributed by atoms with Crippen LogP contribution in [0.2, 0.25) is 0 Å². The van der Waals surface area contributed by atoms with E-state index >= 15 is 0 Å². The van der Waals surface area contributed by atoms with Crippen LogP contribution in [0.25, 0.3) is 205 Å². The second kappa shape index (κ2) is 28.6. The first-order chi connectivity index (χ1) is 55.5. The van der Waals surface area contributed by atoms with Gasteiger partial charge in [-0.15, -0.1) is 0 Å². The molecule has 4 aromatic heterocycles. The molecular formula is C108H70N2Se2. The van der Waals surface area contributed by atoms with Gasteiger partial charge in [-0.2, -0.15) is 0 Å². The second-order valence-electron chi connectivity index (χ2n) is 29.0. The molecule has 18 aromatic carbocycles. The number of nitrogens with zero attached hydrogens (tertiary/aromatic N) is 2. The summed E-state index contributed by atoms with van der Waals surface area (Å²) in [5.41, 5.74) is 32.2. The van der Waals surface area contributed by atoms with Crippen molar-refractivity contribution in [2.24, 2.45) is 0 Å².